The number of amides is 1. The lowest BCUT2D eigenvalue weighted by Gasteiger charge is -2.34. The van der Waals surface area contributed by atoms with Crippen molar-refractivity contribution in [2.75, 3.05) is 26.8 Å². The summed E-state index contributed by atoms with van der Waals surface area (Å²) in [5.74, 6) is -2.92. The smallest absolute Gasteiger partial charge is 0.383 e. The molecule has 8 heteroatoms. The Kier molecular flexibility index (Phi) is 7.61. The Morgan fingerprint density at radius 2 is 2.00 bits per heavy atom. The third-order valence-corrected chi connectivity index (χ3v) is 4.88. The van der Waals surface area contributed by atoms with Crippen molar-refractivity contribution in [3.8, 4) is 0 Å². The highest BCUT2D eigenvalue weighted by Crippen LogP contribution is 2.41. The molecular weight excluding hydrogens is 333 g/mol. The van der Waals surface area contributed by atoms with Gasteiger partial charge in [0.05, 0.1) is 18.1 Å². The molecule has 1 aliphatic heterocycles. The molecule has 2 rings (SSSR count). The fourth-order valence-electron chi connectivity index (χ4n) is 3.69. The van der Waals surface area contributed by atoms with Crippen molar-refractivity contribution in [2.24, 2.45) is 11.8 Å². The Balaban J connectivity index is 0.00000264. The molecule has 4 nitrogen and oxygen atoms in total. The number of carbonyl (C=O) groups is 1. The molecule has 1 heterocycles. The molecule has 3 atom stereocenters. The Hall–Kier alpha value is -0.530. The van der Waals surface area contributed by atoms with Gasteiger partial charge in [-0.1, -0.05) is 12.8 Å². The van der Waals surface area contributed by atoms with Crippen molar-refractivity contribution in [1.82, 2.24) is 10.6 Å². The lowest BCUT2D eigenvalue weighted by atomic mass is 9.78. The van der Waals surface area contributed by atoms with E-state index in [1.807, 2.05) is 0 Å². The number of hydrogen-bond donors (Lipinski definition) is 2. The van der Waals surface area contributed by atoms with E-state index in [0.29, 0.717) is 32.4 Å². The zero-order chi connectivity index (χ0) is 16.2. The average molecular weight is 359 g/mol. The Morgan fingerprint density at radius 1 is 1.30 bits per heavy atom. The summed E-state index contributed by atoms with van der Waals surface area (Å²) in [7, 11) is 1.59. The molecule has 1 saturated heterocycles. The number of ether oxygens (including phenoxy) is 1. The van der Waals surface area contributed by atoms with Crippen molar-refractivity contribution < 1.29 is 22.7 Å². The maximum Gasteiger partial charge on any atom is 0.392 e. The van der Waals surface area contributed by atoms with Crippen LogP contribution in [0.25, 0.3) is 0 Å². The van der Waals surface area contributed by atoms with Crippen LogP contribution in [0.2, 0.25) is 0 Å². The van der Waals surface area contributed by atoms with Crippen LogP contribution in [-0.4, -0.2) is 44.4 Å². The van der Waals surface area contributed by atoms with Crippen LogP contribution in [0.5, 0.6) is 0 Å². The van der Waals surface area contributed by atoms with Crippen LogP contribution in [0.4, 0.5) is 13.2 Å². The first kappa shape index (κ1) is 20.5. The molecule has 1 saturated carbocycles. The molecule has 2 aliphatic rings. The lowest BCUT2D eigenvalue weighted by Crippen LogP contribution is -2.54. The monoisotopic (exact) mass is 358 g/mol. The Bertz CT molecular complexity index is 387. The summed E-state index contributed by atoms with van der Waals surface area (Å²) in [6.07, 6.45) is -0.848. The molecule has 0 aromatic heterocycles. The zero-order valence-electron chi connectivity index (χ0n) is 13.4. The second-order valence-corrected chi connectivity index (χ2v) is 6.50. The van der Waals surface area contributed by atoms with E-state index in [1.165, 1.54) is 0 Å². The number of alkyl halides is 3. The third kappa shape index (κ3) is 5.22. The van der Waals surface area contributed by atoms with E-state index in [2.05, 4.69) is 10.6 Å². The van der Waals surface area contributed by atoms with Crippen LogP contribution >= 0.6 is 12.4 Å². The van der Waals surface area contributed by atoms with Crippen molar-refractivity contribution in [2.45, 2.75) is 50.2 Å². The SMILES string of the molecule is COCC1(CNC(=O)C2CCCCC2C(F)(F)F)CCCN1.Cl. The van der Waals surface area contributed by atoms with Crippen molar-refractivity contribution in [3.05, 3.63) is 0 Å². The molecule has 2 N–H and O–H groups in total. The number of carbonyl (C=O) groups excluding carboxylic acids is 1. The molecule has 136 valence electrons. The zero-order valence-corrected chi connectivity index (χ0v) is 14.2. The van der Waals surface area contributed by atoms with Crippen LogP contribution in [0.1, 0.15) is 38.5 Å². The van der Waals surface area contributed by atoms with E-state index in [1.54, 1.807) is 7.11 Å². The molecule has 0 aromatic carbocycles. The van der Waals surface area contributed by atoms with Gasteiger partial charge in [-0.15, -0.1) is 12.4 Å². The molecule has 23 heavy (non-hydrogen) atoms. The second-order valence-electron chi connectivity index (χ2n) is 6.50. The first-order chi connectivity index (χ1) is 10.4. The largest absolute Gasteiger partial charge is 0.392 e. The first-order valence-corrected chi connectivity index (χ1v) is 7.96. The van der Waals surface area contributed by atoms with Gasteiger partial charge in [-0.2, -0.15) is 13.2 Å². The number of rotatable bonds is 5. The second kappa shape index (κ2) is 8.53. The topological polar surface area (TPSA) is 50.4 Å². The number of nitrogens with one attached hydrogen (secondary N) is 2. The molecule has 1 amide bonds. The van der Waals surface area contributed by atoms with Gasteiger partial charge in [0.2, 0.25) is 5.91 Å². The summed E-state index contributed by atoms with van der Waals surface area (Å²) in [5, 5.41) is 6.05. The molecule has 0 spiro atoms. The maximum absolute atomic E-state index is 13.1. The summed E-state index contributed by atoms with van der Waals surface area (Å²) in [5.41, 5.74) is -0.340. The van der Waals surface area contributed by atoms with E-state index >= 15 is 0 Å². The summed E-state index contributed by atoms with van der Waals surface area (Å²) in [6, 6.07) is 0. The van der Waals surface area contributed by atoms with Gasteiger partial charge in [-0.3, -0.25) is 4.79 Å². The highest BCUT2D eigenvalue weighted by atomic mass is 35.5. The molecule has 0 aromatic rings. The predicted molar refractivity (Wildman–Crippen MR) is 83.6 cm³/mol. The summed E-state index contributed by atoms with van der Waals surface area (Å²) < 4.78 is 44.4. The van der Waals surface area contributed by atoms with Gasteiger partial charge in [0.1, 0.15) is 0 Å². The third-order valence-electron chi connectivity index (χ3n) is 4.88. The van der Waals surface area contributed by atoms with Crippen LogP contribution in [0.15, 0.2) is 0 Å². The number of halogens is 4. The molecule has 0 radical (unpaired) electrons. The first-order valence-electron chi connectivity index (χ1n) is 7.96. The highest BCUT2D eigenvalue weighted by molar-refractivity contribution is 5.85. The highest BCUT2D eigenvalue weighted by Gasteiger charge is 2.48. The number of hydrogen-bond acceptors (Lipinski definition) is 3. The quantitative estimate of drug-likeness (QED) is 0.794. The molecule has 1 aliphatic carbocycles. The fraction of sp³-hybridized carbons (Fsp3) is 0.933. The standard InChI is InChI=1S/C15H25F3N2O2.ClH/c1-22-10-14(7-4-8-20-14)9-19-13(21)11-5-2-3-6-12(11)15(16,17)18;/h11-12,20H,2-10H2,1H3,(H,19,21);1H. The van der Waals surface area contributed by atoms with Crippen molar-refractivity contribution >= 4 is 18.3 Å². The van der Waals surface area contributed by atoms with Crippen LogP contribution in [-0.2, 0) is 9.53 Å². The van der Waals surface area contributed by atoms with Crippen molar-refractivity contribution in [1.29, 1.82) is 0 Å². The molecular formula is C15H26ClF3N2O2. The minimum atomic E-state index is -4.29. The lowest BCUT2D eigenvalue weighted by molar-refractivity contribution is -0.198. The van der Waals surface area contributed by atoms with Gasteiger partial charge < -0.3 is 15.4 Å². The normalized spacial score (nSPS) is 31.5. The minimum absolute atomic E-state index is 0. The van der Waals surface area contributed by atoms with E-state index in [4.69, 9.17) is 4.74 Å². The van der Waals surface area contributed by atoms with Crippen LogP contribution in [0.3, 0.4) is 0 Å². The summed E-state index contributed by atoms with van der Waals surface area (Å²) >= 11 is 0. The molecule has 2 fully saturated rings. The van der Waals surface area contributed by atoms with Gasteiger partial charge >= 0.3 is 6.18 Å². The molecule has 3 unspecified atom stereocenters. The van der Waals surface area contributed by atoms with E-state index < -0.39 is 23.9 Å². The van der Waals surface area contributed by atoms with Gasteiger partial charge in [0.15, 0.2) is 0 Å². The average Bonchev–Trinajstić information content (AvgIpc) is 2.93. The minimum Gasteiger partial charge on any atom is -0.383 e. The fourth-order valence-corrected chi connectivity index (χ4v) is 3.69. The van der Waals surface area contributed by atoms with Gasteiger partial charge in [-0.05, 0) is 32.2 Å². The van der Waals surface area contributed by atoms with E-state index in [-0.39, 0.29) is 24.4 Å². The van der Waals surface area contributed by atoms with Gasteiger partial charge in [-0.25, -0.2) is 0 Å². The Labute approximate surface area is 141 Å². The maximum atomic E-state index is 13.1. The molecule has 0 bridgehead atoms. The summed E-state index contributed by atoms with van der Waals surface area (Å²) in [6.45, 7) is 1.61. The van der Waals surface area contributed by atoms with Crippen LogP contribution in [0, 0.1) is 11.8 Å². The van der Waals surface area contributed by atoms with E-state index in [0.717, 1.165) is 19.4 Å². The van der Waals surface area contributed by atoms with Crippen LogP contribution < -0.4 is 10.6 Å². The predicted octanol–water partition coefficient (Wildman–Crippen LogP) is 2.66. The van der Waals surface area contributed by atoms with E-state index in [9.17, 15) is 18.0 Å². The Morgan fingerprint density at radius 3 is 2.57 bits per heavy atom. The summed E-state index contributed by atoms with van der Waals surface area (Å²) in [4.78, 5) is 12.3. The number of methoxy groups -OCH3 is 1. The van der Waals surface area contributed by atoms with Gasteiger partial charge in [0, 0.05) is 19.6 Å². The van der Waals surface area contributed by atoms with Crippen molar-refractivity contribution in [3.63, 3.8) is 0 Å². The van der Waals surface area contributed by atoms with Gasteiger partial charge in [0.25, 0.3) is 0 Å².